The summed E-state index contributed by atoms with van der Waals surface area (Å²) in [5.74, 6) is 0.712. The van der Waals surface area contributed by atoms with Gasteiger partial charge in [0.25, 0.3) is 5.91 Å². The highest BCUT2D eigenvalue weighted by molar-refractivity contribution is 6.36. The number of carbonyl (C=O) groups is 1. The van der Waals surface area contributed by atoms with E-state index in [0.717, 1.165) is 22.6 Å². The van der Waals surface area contributed by atoms with Gasteiger partial charge in [-0.25, -0.2) is 0 Å². The second kappa shape index (κ2) is 5.62. The van der Waals surface area contributed by atoms with Gasteiger partial charge in [-0.05, 0) is 42.8 Å². The van der Waals surface area contributed by atoms with E-state index in [2.05, 4.69) is 5.32 Å². The molecule has 3 rings (SSSR count). The lowest BCUT2D eigenvalue weighted by molar-refractivity contribution is -0.110. The van der Waals surface area contributed by atoms with Crippen molar-refractivity contribution in [3.8, 4) is 5.75 Å². The molecule has 0 unspecified atom stereocenters. The Labute approximate surface area is 128 Å². The molecule has 1 aliphatic heterocycles. The second-order valence-corrected chi connectivity index (χ2v) is 5.14. The molecular weight excluding hydrogens is 286 g/mol. The topological polar surface area (TPSA) is 38.3 Å². The van der Waals surface area contributed by atoms with Crippen molar-refractivity contribution >= 4 is 34.8 Å². The van der Waals surface area contributed by atoms with Crippen molar-refractivity contribution in [2.24, 2.45) is 0 Å². The monoisotopic (exact) mass is 299 g/mol. The van der Waals surface area contributed by atoms with Gasteiger partial charge < -0.3 is 10.1 Å². The fourth-order valence-electron chi connectivity index (χ4n) is 2.30. The molecule has 21 heavy (non-hydrogen) atoms. The summed E-state index contributed by atoms with van der Waals surface area (Å²) in [6.45, 7) is 2.58. The van der Waals surface area contributed by atoms with E-state index in [9.17, 15) is 4.79 Å². The summed E-state index contributed by atoms with van der Waals surface area (Å²) in [6.07, 6.45) is 1.87. The number of halogens is 1. The summed E-state index contributed by atoms with van der Waals surface area (Å²) < 4.78 is 5.41. The molecule has 3 nitrogen and oxygen atoms in total. The van der Waals surface area contributed by atoms with Crippen LogP contribution in [0.5, 0.6) is 5.75 Å². The molecule has 0 aromatic heterocycles. The molecule has 0 saturated heterocycles. The van der Waals surface area contributed by atoms with Crippen molar-refractivity contribution in [2.45, 2.75) is 6.92 Å². The maximum absolute atomic E-state index is 12.1. The largest absolute Gasteiger partial charge is 0.494 e. The van der Waals surface area contributed by atoms with E-state index in [4.69, 9.17) is 16.3 Å². The number of rotatable bonds is 3. The normalized spacial score (nSPS) is 15.0. The van der Waals surface area contributed by atoms with Crippen LogP contribution in [0, 0.1) is 0 Å². The van der Waals surface area contributed by atoms with Gasteiger partial charge in [-0.1, -0.05) is 29.8 Å². The first-order valence-corrected chi connectivity index (χ1v) is 7.11. The van der Waals surface area contributed by atoms with Crippen molar-refractivity contribution < 1.29 is 9.53 Å². The number of ether oxygens (including phenoxy) is 1. The van der Waals surface area contributed by atoms with Gasteiger partial charge in [0.1, 0.15) is 5.75 Å². The van der Waals surface area contributed by atoms with Crippen LogP contribution in [0.1, 0.15) is 18.1 Å². The van der Waals surface area contributed by atoms with Crippen LogP contribution in [0.4, 0.5) is 5.69 Å². The minimum absolute atomic E-state index is 0.110. The molecule has 4 heteroatoms. The minimum Gasteiger partial charge on any atom is -0.494 e. The molecule has 1 aliphatic rings. The molecule has 1 amide bonds. The number of hydrogen-bond acceptors (Lipinski definition) is 2. The number of nitrogens with one attached hydrogen (secondary N) is 1. The Morgan fingerprint density at radius 1 is 1.19 bits per heavy atom. The Morgan fingerprint density at radius 3 is 2.67 bits per heavy atom. The molecule has 0 aliphatic carbocycles. The zero-order valence-electron chi connectivity index (χ0n) is 11.5. The quantitative estimate of drug-likeness (QED) is 0.861. The van der Waals surface area contributed by atoms with Gasteiger partial charge in [0.05, 0.1) is 12.3 Å². The Balaban J connectivity index is 1.95. The molecule has 0 saturated carbocycles. The van der Waals surface area contributed by atoms with Gasteiger partial charge in [-0.3, -0.25) is 4.79 Å². The number of carbonyl (C=O) groups excluding carboxylic acids is 1. The highest BCUT2D eigenvalue weighted by Crippen LogP contribution is 2.34. The van der Waals surface area contributed by atoms with Crippen LogP contribution in [0.2, 0.25) is 5.02 Å². The Hall–Kier alpha value is -2.26. The summed E-state index contributed by atoms with van der Waals surface area (Å²) in [5.41, 5.74) is 3.22. The van der Waals surface area contributed by atoms with E-state index in [1.807, 2.05) is 43.3 Å². The van der Waals surface area contributed by atoms with Crippen molar-refractivity contribution in [2.75, 3.05) is 11.9 Å². The molecule has 0 bridgehead atoms. The summed E-state index contributed by atoms with van der Waals surface area (Å²) in [4.78, 5) is 12.1. The molecule has 106 valence electrons. The number of amides is 1. The minimum atomic E-state index is -0.110. The van der Waals surface area contributed by atoms with Crippen LogP contribution in [0.3, 0.4) is 0 Å². The number of benzene rings is 2. The molecule has 2 aromatic rings. The summed E-state index contributed by atoms with van der Waals surface area (Å²) in [6, 6.07) is 13.0. The first-order chi connectivity index (χ1) is 10.2. The Kier molecular flexibility index (Phi) is 3.67. The lowest BCUT2D eigenvalue weighted by Gasteiger charge is -2.03. The summed E-state index contributed by atoms with van der Waals surface area (Å²) in [7, 11) is 0. The third-order valence-electron chi connectivity index (χ3n) is 3.27. The Bertz CT molecular complexity index is 720. The van der Waals surface area contributed by atoms with Gasteiger partial charge >= 0.3 is 0 Å². The average Bonchev–Trinajstić information content (AvgIpc) is 2.76. The molecule has 0 spiro atoms. The molecule has 2 aromatic carbocycles. The summed E-state index contributed by atoms with van der Waals surface area (Å²) >= 11 is 5.94. The highest BCUT2D eigenvalue weighted by Gasteiger charge is 2.23. The van der Waals surface area contributed by atoms with Crippen molar-refractivity contribution in [3.63, 3.8) is 0 Å². The van der Waals surface area contributed by atoms with E-state index >= 15 is 0 Å². The predicted octanol–water partition coefficient (Wildman–Crippen LogP) is 4.23. The van der Waals surface area contributed by atoms with E-state index < -0.39 is 0 Å². The van der Waals surface area contributed by atoms with Gasteiger partial charge in [-0.2, -0.15) is 0 Å². The third kappa shape index (κ3) is 2.78. The van der Waals surface area contributed by atoms with E-state index in [0.29, 0.717) is 17.2 Å². The third-order valence-corrected chi connectivity index (χ3v) is 3.50. The summed E-state index contributed by atoms with van der Waals surface area (Å²) in [5, 5.41) is 3.43. The molecule has 1 N–H and O–H groups in total. The van der Waals surface area contributed by atoms with Gasteiger partial charge in [0.2, 0.25) is 0 Å². The molecule has 0 fully saturated rings. The lowest BCUT2D eigenvalue weighted by atomic mass is 10.0. The zero-order valence-corrected chi connectivity index (χ0v) is 12.3. The van der Waals surface area contributed by atoms with Crippen LogP contribution in [-0.2, 0) is 4.79 Å². The van der Waals surface area contributed by atoms with E-state index in [1.54, 1.807) is 12.1 Å². The van der Waals surface area contributed by atoms with Crippen molar-refractivity contribution in [3.05, 3.63) is 58.6 Å². The fraction of sp³-hybridized carbons (Fsp3) is 0.118. The fourth-order valence-corrected chi connectivity index (χ4v) is 2.48. The molecule has 1 heterocycles. The van der Waals surface area contributed by atoms with Gasteiger partial charge in [-0.15, -0.1) is 0 Å². The van der Waals surface area contributed by atoms with E-state index in [-0.39, 0.29) is 5.91 Å². The van der Waals surface area contributed by atoms with Crippen molar-refractivity contribution in [1.29, 1.82) is 0 Å². The number of hydrogen-bond donors (Lipinski definition) is 1. The van der Waals surface area contributed by atoms with E-state index in [1.165, 1.54) is 0 Å². The standard InChI is InChI=1S/C17H14ClNO2/c1-2-21-13-6-3-11(4-7-13)9-15-14-8-5-12(18)10-16(14)19-17(15)20/h3-10H,2H2,1H3,(H,19,20)/b15-9+. The number of fused-ring (bicyclic) bond motifs is 1. The Morgan fingerprint density at radius 2 is 1.95 bits per heavy atom. The molecule has 0 radical (unpaired) electrons. The van der Waals surface area contributed by atoms with Gasteiger partial charge in [0.15, 0.2) is 0 Å². The van der Waals surface area contributed by atoms with Gasteiger partial charge in [0, 0.05) is 16.2 Å². The first kappa shape index (κ1) is 13.7. The molecular formula is C17H14ClNO2. The predicted molar refractivity (Wildman–Crippen MR) is 85.6 cm³/mol. The maximum Gasteiger partial charge on any atom is 0.256 e. The maximum atomic E-state index is 12.1. The number of anilines is 1. The van der Waals surface area contributed by atoms with Crippen LogP contribution in [-0.4, -0.2) is 12.5 Å². The highest BCUT2D eigenvalue weighted by atomic mass is 35.5. The van der Waals surface area contributed by atoms with Crippen LogP contribution in [0.15, 0.2) is 42.5 Å². The second-order valence-electron chi connectivity index (χ2n) is 4.70. The van der Waals surface area contributed by atoms with Crippen LogP contribution in [0.25, 0.3) is 11.6 Å². The van der Waals surface area contributed by atoms with Crippen LogP contribution >= 0.6 is 11.6 Å². The first-order valence-electron chi connectivity index (χ1n) is 6.73. The smallest absolute Gasteiger partial charge is 0.256 e. The molecule has 0 atom stereocenters. The van der Waals surface area contributed by atoms with Crippen LogP contribution < -0.4 is 10.1 Å². The SMILES string of the molecule is CCOc1ccc(/C=C2/C(=O)Nc3cc(Cl)ccc32)cc1. The van der Waals surface area contributed by atoms with Crippen molar-refractivity contribution in [1.82, 2.24) is 0 Å². The lowest BCUT2D eigenvalue weighted by Crippen LogP contribution is -2.03. The average molecular weight is 300 g/mol. The zero-order chi connectivity index (χ0) is 14.8.